The molecule has 8 nitrogen and oxygen atoms in total. The minimum atomic E-state index is -0.136. The lowest BCUT2D eigenvalue weighted by molar-refractivity contribution is 0.0713. The van der Waals surface area contributed by atoms with E-state index in [1.807, 2.05) is 36.1 Å². The third-order valence-corrected chi connectivity index (χ3v) is 4.71. The Bertz CT molecular complexity index is 1010. The van der Waals surface area contributed by atoms with Gasteiger partial charge in [-0.15, -0.1) is 0 Å². The van der Waals surface area contributed by atoms with E-state index in [4.69, 9.17) is 13.6 Å². The van der Waals surface area contributed by atoms with Gasteiger partial charge in [0, 0.05) is 31.7 Å². The number of anilines is 1. The van der Waals surface area contributed by atoms with Crippen LogP contribution in [0.1, 0.15) is 23.2 Å². The number of aromatic nitrogens is 1. The van der Waals surface area contributed by atoms with Crippen molar-refractivity contribution in [3.8, 4) is 23.3 Å². The smallest absolute Gasteiger partial charge is 0.289 e. The van der Waals surface area contributed by atoms with Gasteiger partial charge in [0.05, 0.1) is 12.9 Å². The van der Waals surface area contributed by atoms with E-state index in [1.165, 1.54) is 6.26 Å². The predicted octanol–water partition coefficient (Wildman–Crippen LogP) is 3.17. The largest absolute Gasteiger partial charge is 0.494 e. The van der Waals surface area contributed by atoms with Crippen molar-refractivity contribution < 1.29 is 18.4 Å². The molecule has 1 aliphatic heterocycles. The van der Waals surface area contributed by atoms with Crippen LogP contribution in [0, 0.1) is 11.3 Å². The Morgan fingerprint density at radius 3 is 2.59 bits per heavy atom. The summed E-state index contributed by atoms with van der Waals surface area (Å²) in [7, 11) is 0. The standard InChI is InChI=1S/C21H20N4O4/c1-2-27-16-7-5-15(6-8-16)19-23-17(14-22)21(29-19)25-11-9-24(10-12-25)20(26)18-4-3-13-28-18/h3-8,13H,2,9-12H2,1H3. The fourth-order valence-electron chi connectivity index (χ4n) is 3.25. The number of carbonyl (C=O) groups excluding carboxylic acids is 1. The molecule has 1 aromatic carbocycles. The van der Waals surface area contributed by atoms with Gasteiger partial charge in [-0.05, 0) is 43.3 Å². The van der Waals surface area contributed by atoms with Crippen LogP contribution < -0.4 is 9.64 Å². The lowest BCUT2D eigenvalue weighted by atomic mass is 10.2. The van der Waals surface area contributed by atoms with E-state index in [1.54, 1.807) is 17.0 Å². The summed E-state index contributed by atoms with van der Waals surface area (Å²) in [5, 5.41) is 9.49. The van der Waals surface area contributed by atoms with Crippen molar-refractivity contribution in [1.29, 1.82) is 5.26 Å². The summed E-state index contributed by atoms with van der Waals surface area (Å²) in [4.78, 5) is 20.4. The highest BCUT2D eigenvalue weighted by Crippen LogP contribution is 2.30. The van der Waals surface area contributed by atoms with Gasteiger partial charge in [0.2, 0.25) is 17.5 Å². The van der Waals surface area contributed by atoms with E-state index < -0.39 is 0 Å². The number of benzene rings is 1. The number of amides is 1. The van der Waals surface area contributed by atoms with E-state index >= 15 is 0 Å². The number of nitrogens with zero attached hydrogens (tertiary/aromatic N) is 4. The van der Waals surface area contributed by atoms with Crippen molar-refractivity contribution in [3.63, 3.8) is 0 Å². The molecule has 2 aromatic heterocycles. The number of furan rings is 1. The molecule has 3 heterocycles. The van der Waals surface area contributed by atoms with E-state index in [9.17, 15) is 10.1 Å². The molecule has 0 radical (unpaired) electrons. The maximum atomic E-state index is 12.4. The number of piperazine rings is 1. The summed E-state index contributed by atoms with van der Waals surface area (Å²) < 4.78 is 16.6. The zero-order valence-electron chi connectivity index (χ0n) is 16.0. The van der Waals surface area contributed by atoms with E-state index in [0.717, 1.165) is 11.3 Å². The first kappa shape index (κ1) is 18.6. The molecule has 0 unspecified atom stereocenters. The molecule has 0 atom stereocenters. The van der Waals surface area contributed by atoms with Crippen molar-refractivity contribution >= 4 is 11.8 Å². The van der Waals surface area contributed by atoms with Crippen LogP contribution >= 0.6 is 0 Å². The molecule has 1 fully saturated rings. The second-order valence-corrected chi connectivity index (χ2v) is 6.50. The molecule has 0 bridgehead atoms. The Balaban J connectivity index is 1.48. The molecule has 0 saturated carbocycles. The Kier molecular flexibility index (Phi) is 5.20. The van der Waals surface area contributed by atoms with Crippen molar-refractivity contribution in [2.75, 3.05) is 37.7 Å². The van der Waals surface area contributed by atoms with Gasteiger partial charge >= 0.3 is 0 Å². The lowest BCUT2D eigenvalue weighted by Gasteiger charge is -2.34. The molecular weight excluding hydrogens is 372 g/mol. The zero-order chi connectivity index (χ0) is 20.2. The summed E-state index contributed by atoms with van der Waals surface area (Å²) in [5.74, 6) is 1.77. The first-order chi connectivity index (χ1) is 14.2. The quantitative estimate of drug-likeness (QED) is 0.658. The summed E-state index contributed by atoms with van der Waals surface area (Å²) in [6, 6.07) is 12.8. The predicted molar refractivity (Wildman–Crippen MR) is 105 cm³/mol. The van der Waals surface area contributed by atoms with Gasteiger partial charge in [-0.1, -0.05) is 0 Å². The minimum Gasteiger partial charge on any atom is -0.494 e. The minimum absolute atomic E-state index is 0.136. The van der Waals surface area contributed by atoms with Gasteiger partial charge < -0.3 is 23.4 Å². The number of oxazole rings is 1. The van der Waals surface area contributed by atoms with Crippen LogP contribution in [0.4, 0.5) is 5.88 Å². The van der Waals surface area contributed by atoms with Gasteiger partial charge in [-0.2, -0.15) is 10.2 Å². The number of ether oxygens (including phenoxy) is 1. The summed E-state index contributed by atoms with van der Waals surface area (Å²) in [6.07, 6.45) is 1.49. The Hall–Kier alpha value is -3.73. The van der Waals surface area contributed by atoms with E-state index in [2.05, 4.69) is 11.1 Å². The van der Waals surface area contributed by atoms with Crippen LogP contribution in [0.15, 0.2) is 51.5 Å². The second-order valence-electron chi connectivity index (χ2n) is 6.50. The highest BCUT2D eigenvalue weighted by Gasteiger charge is 2.27. The molecular formula is C21H20N4O4. The van der Waals surface area contributed by atoms with Crippen molar-refractivity contribution in [3.05, 3.63) is 54.1 Å². The van der Waals surface area contributed by atoms with Gasteiger partial charge in [0.1, 0.15) is 11.8 Å². The van der Waals surface area contributed by atoms with E-state index in [-0.39, 0.29) is 11.6 Å². The first-order valence-corrected chi connectivity index (χ1v) is 9.41. The van der Waals surface area contributed by atoms with Crippen LogP contribution in [0.3, 0.4) is 0 Å². The van der Waals surface area contributed by atoms with Crippen molar-refractivity contribution in [2.45, 2.75) is 6.92 Å². The second kappa shape index (κ2) is 8.10. The average molecular weight is 392 g/mol. The summed E-state index contributed by atoms with van der Waals surface area (Å²) >= 11 is 0. The lowest BCUT2D eigenvalue weighted by Crippen LogP contribution is -2.48. The highest BCUT2D eigenvalue weighted by molar-refractivity contribution is 5.91. The van der Waals surface area contributed by atoms with Gasteiger partial charge in [-0.25, -0.2) is 0 Å². The monoisotopic (exact) mass is 392 g/mol. The Morgan fingerprint density at radius 2 is 1.97 bits per heavy atom. The number of nitriles is 1. The number of rotatable bonds is 5. The van der Waals surface area contributed by atoms with Crippen LogP contribution in [0.5, 0.6) is 5.75 Å². The fraction of sp³-hybridized carbons (Fsp3) is 0.286. The molecule has 29 heavy (non-hydrogen) atoms. The molecule has 8 heteroatoms. The van der Waals surface area contributed by atoms with E-state index in [0.29, 0.717) is 50.3 Å². The molecule has 0 N–H and O–H groups in total. The van der Waals surface area contributed by atoms with Crippen LogP contribution in [-0.2, 0) is 0 Å². The molecule has 4 rings (SSSR count). The third kappa shape index (κ3) is 3.80. The average Bonchev–Trinajstić information content (AvgIpc) is 3.44. The maximum absolute atomic E-state index is 12.4. The zero-order valence-corrected chi connectivity index (χ0v) is 16.0. The van der Waals surface area contributed by atoms with Crippen molar-refractivity contribution in [1.82, 2.24) is 9.88 Å². The van der Waals surface area contributed by atoms with Crippen LogP contribution in [0.25, 0.3) is 11.5 Å². The number of hydrogen-bond acceptors (Lipinski definition) is 7. The first-order valence-electron chi connectivity index (χ1n) is 9.41. The normalized spacial score (nSPS) is 13.9. The molecule has 3 aromatic rings. The van der Waals surface area contributed by atoms with Gasteiger partial charge in [-0.3, -0.25) is 4.79 Å². The molecule has 0 aliphatic carbocycles. The highest BCUT2D eigenvalue weighted by atomic mass is 16.5. The molecule has 1 saturated heterocycles. The van der Waals surface area contributed by atoms with Gasteiger partial charge in [0.25, 0.3) is 5.91 Å². The molecule has 1 amide bonds. The summed E-state index contributed by atoms with van der Waals surface area (Å²) in [6.45, 7) is 4.61. The SMILES string of the molecule is CCOc1ccc(-c2nc(C#N)c(N3CCN(C(=O)c4ccco4)CC3)o2)cc1. The van der Waals surface area contributed by atoms with Gasteiger partial charge in [0.15, 0.2) is 5.76 Å². The third-order valence-electron chi connectivity index (χ3n) is 4.71. The molecule has 148 valence electrons. The maximum Gasteiger partial charge on any atom is 0.289 e. The summed E-state index contributed by atoms with van der Waals surface area (Å²) in [5.41, 5.74) is 1.00. The topological polar surface area (TPSA) is 95.7 Å². The van der Waals surface area contributed by atoms with Crippen molar-refractivity contribution in [2.24, 2.45) is 0 Å². The molecule has 1 aliphatic rings. The van der Waals surface area contributed by atoms with Crippen LogP contribution in [0.2, 0.25) is 0 Å². The Labute approximate surface area is 167 Å². The molecule has 0 spiro atoms. The van der Waals surface area contributed by atoms with Crippen LogP contribution in [-0.4, -0.2) is 48.6 Å². The Morgan fingerprint density at radius 1 is 1.21 bits per heavy atom. The fourth-order valence-corrected chi connectivity index (χ4v) is 3.25. The number of carbonyl (C=O) groups is 1. The number of hydrogen-bond donors (Lipinski definition) is 0.